The zero-order valence-electron chi connectivity index (χ0n) is 12.2. The average molecular weight is 265 g/mol. The van der Waals surface area contributed by atoms with Crippen molar-refractivity contribution >= 4 is 0 Å². The molecule has 104 valence electrons. The van der Waals surface area contributed by atoms with E-state index in [4.69, 9.17) is 0 Å². The van der Waals surface area contributed by atoms with Gasteiger partial charge in [-0.15, -0.1) is 0 Å². The highest BCUT2D eigenvalue weighted by molar-refractivity contribution is 5.36. The fraction of sp³-hybridized carbons (Fsp3) is 0.368. The van der Waals surface area contributed by atoms with Crippen molar-refractivity contribution in [1.82, 2.24) is 5.32 Å². The monoisotopic (exact) mass is 265 g/mol. The van der Waals surface area contributed by atoms with Gasteiger partial charge in [0.25, 0.3) is 0 Å². The van der Waals surface area contributed by atoms with Gasteiger partial charge >= 0.3 is 0 Å². The lowest BCUT2D eigenvalue weighted by molar-refractivity contribution is 0.251. The van der Waals surface area contributed by atoms with Crippen LogP contribution in [0, 0.1) is 6.92 Å². The summed E-state index contributed by atoms with van der Waals surface area (Å²) >= 11 is 0. The summed E-state index contributed by atoms with van der Waals surface area (Å²) in [6.07, 6.45) is 3.73. The van der Waals surface area contributed by atoms with Crippen LogP contribution in [0.4, 0.5) is 0 Å². The Labute approximate surface area is 122 Å². The van der Waals surface area contributed by atoms with Crippen LogP contribution in [0.15, 0.2) is 54.6 Å². The minimum absolute atomic E-state index is 0.375. The third-order valence-electron chi connectivity index (χ3n) is 4.61. The normalized spacial score (nSPS) is 16.6. The van der Waals surface area contributed by atoms with Gasteiger partial charge < -0.3 is 5.32 Å². The van der Waals surface area contributed by atoms with E-state index in [2.05, 4.69) is 66.8 Å². The fourth-order valence-electron chi connectivity index (χ4n) is 3.37. The molecule has 0 unspecified atom stereocenters. The summed E-state index contributed by atoms with van der Waals surface area (Å²) in [7, 11) is 0. The van der Waals surface area contributed by atoms with E-state index < -0.39 is 0 Å². The molecule has 3 rings (SSSR count). The van der Waals surface area contributed by atoms with Gasteiger partial charge in [0.1, 0.15) is 0 Å². The van der Waals surface area contributed by atoms with Gasteiger partial charge in [-0.3, -0.25) is 0 Å². The van der Waals surface area contributed by atoms with Gasteiger partial charge in [-0.1, -0.05) is 54.6 Å². The van der Waals surface area contributed by atoms with Crippen LogP contribution in [-0.2, 0) is 11.8 Å². The van der Waals surface area contributed by atoms with E-state index in [0.717, 1.165) is 13.1 Å². The smallest absolute Gasteiger partial charge is 0.0205 e. The molecular weight excluding hydrogens is 242 g/mol. The Morgan fingerprint density at radius 1 is 0.950 bits per heavy atom. The zero-order chi connectivity index (χ0) is 13.8. The SMILES string of the molecule is Cc1ccccc1C1(CCCc2ccccc2)CNC1. The lowest BCUT2D eigenvalue weighted by atomic mass is 9.70. The predicted octanol–water partition coefficient (Wildman–Crippen LogP) is 3.86. The molecule has 1 heteroatoms. The third kappa shape index (κ3) is 2.64. The Balaban J connectivity index is 1.67. The lowest BCUT2D eigenvalue weighted by Gasteiger charge is -2.44. The summed E-state index contributed by atoms with van der Waals surface area (Å²) in [6.45, 7) is 4.51. The Morgan fingerprint density at radius 2 is 1.65 bits per heavy atom. The summed E-state index contributed by atoms with van der Waals surface area (Å²) in [5.41, 5.74) is 4.82. The van der Waals surface area contributed by atoms with Crippen molar-refractivity contribution in [3.05, 3.63) is 71.3 Å². The van der Waals surface area contributed by atoms with Crippen molar-refractivity contribution < 1.29 is 0 Å². The first-order chi connectivity index (χ1) is 9.80. The van der Waals surface area contributed by atoms with Crippen LogP contribution in [0.5, 0.6) is 0 Å². The summed E-state index contributed by atoms with van der Waals surface area (Å²) in [6, 6.07) is 19.7. The molecule has 1 heterocycles. The van der Waals surface area contributed by atoms with Crippen LogP contribution in [0.2, 0.25) is 0 Å². The van der Waals surface area contributed by atoms with Gasteiger partial charge in [0.2, 0.25) is 0 Å². The van der Waals surface area contributed by atoms with E-state index in [0.29, 0.717) is 5.41 Å². The summed E-state index contributed by atoms with van der Waals surface area (Å²) in [4.78, 5) is 0. The first-order valence-corrected chi connectivity index (χ1v) is 7.61. The Morgan fingerprint density at radius 3 is 2.30 bits per heavy atom. The van der Waals surface area contributed by atoms with Crippen LogP contribution >= 0.6 is 0 Å². The maximum Gasteiger partial charge on any atom is 0.0205 e. The quantitative estimate of drug-likeness (QED) is 0.865. The Kier molecular flexibility index (Phi) is 3.88. The highest BCUT2D eigenvalue weighted by atomic mass is 15.0. The second-order valence-corrected chi connectivity index (χ2v) is 6.04. The minimum Gasteiger partial charge on any atom is -0.315 e. The molecule has 0 spiro atoms. The fourth-order valence-corrected chi connectivity index (χ4v) is 3.37. The summed E-state index contributed by atoms with van der Waals surface area (Å²) < 4.78 is 0. The molecule has 20 heavy (non-hydrogen) atoms. The summed E-state index contributed by atoms with van der Waals surface area (Å²) in [5, 5.41) is 3.48. The highest BCUT2D eigenvalue weighted by Crippen LogP contribution is 2.35. The van der Waals surface area contributed by atoms with E-state index in [1.54, 1.807) is 5.56 Å². The van der Waals surface area contributed by atoms with Crippen LogP contribution < -0.4 is 5.32 Å². The minimum atomic E-state index is 0.375. The van der Waals surface area contributed by atoms with E-state index in [9.17, 15) is 0 Å². The van der Waals surface area contributed by atoms with Gasteiger partial charge in [-0.05, 0) is 42.9 Å². The molecule has 1 N–H and O–H groups in total. The molecule has 1 aliphatic rings. The van der Waals surface area contributed by atoms with Crippen LogP contribution in [-0.4, -0.2) is 13.1 Å². The first-order valence-electron chi connectivity index (χ1n) is 7.61. The molecular formula is C19H23N. The molecule has 0 aliphatic carbocycles. The van der Waals surface area contributed by atoms with Crippen LogP contribution in [0.3, 0.4) is 0 Å². The molecule has 1 fully saturated rings. The molecule has 0 aromatic heterocycles. The molecule has 0 saturated carbocycles. The number of hydrogen-bond donors (Lipinski definition) is 1. The number of benzene rings is 2. The molecule has 2 aromatic carbocycles. The number of nitrogens with one attached hydrogen (secondary N) is 1. The molecule has 0 bridgehead atoms. The van der Waals surface area contributed by atoms with E-state index >= 15 is 0 Å². The molecule has 1 aliphatic heterocycles. The molecule has 0 atom stereocenters. The van der Waals surface area contributed by atoms with E-state index in [1.807, 2.05) is 0 Å². The molecule has 0 amide bonds. The second-order valence-electron chi connectivity index (χ2n) is 6.04. The van der Waals surface area contributed by atoms with Gasteiger partial charge in [-0.25, -0.2) is 0 Å². The molecule has 0 radical (unpaired) electrons. The average Bonchev–Trinajstić information content (AvgIpc) is 2.44. The van der Waals surface area contributed by atoms with Crippen molar-refractivity contribution in [2.24, 2.45) is 0 Å². The Hall–Kier alpha value is -1.60. The number of aryl methyl sites for hydroxylation is 2. The van der Waals surface area contributed by atoms with Crippen molar-refractivity contribution in [2.75, 3.05) is 13.1 Å². The summed E-state index contributed by atoms with van der Waals surface area (Å²) in [5.74, 6) is 0. The van der Waals surface area contributed by atoms with Crippen molar-refractivity contribution in [2.45, 2.75) is 31.6 Å². The van der Waals surface area contributed by atoms with Gasteiger partial charge in [0.15, 0.2) is 0 Å². The first kappa shape index (κ1) is 13.4. The lowest BCUT2D eigenvalue weighted by Crippen LogP contribution is -2.57. The van der Waals surface area contributed by atoms with Crippen molar-refractivity contribution in [3.8, 4) is 0 Å². The maximum atomic E-state index is 3.48. The zero-order valence-corrected chi connectivity index (χ0v) is 12.2. The molecule has 1 nitrogen and oxygen atoms in total. The highest BCUT2D eigenvalue weighted by Gasteiger charge is 2.38. The maximum absolute atomic E-state index is 3.48. The topological polar surface area (TPSA) is 12.0 Å². The van der Waals surface area contributed by atoms with E-state index in [-0.39, 0.29) is 0 Å². The predicted molar refractivity (Wildman–Crippen MR) is 85.1 cm³/mol. The second kappa shape index (κ2) is 5.80. The number of rotatable bonds is 5. The molecule has 2 aromatic rings. The van der Waals surface area contributed by atoms with Gasteiger partial charge in [0, 0.05) is 18.5 Å². The van der Waals surface area contributed by atoms with Crippen molar-refractivity contribution in [3.63, 3.8) is 0 Å². The Bertz CT molecular complexity index is 555. The van der Waals surface area contributed by atoms with Crippen LogP contribution in [0.1, 0.15) is 29.5 Å². The number of hydrogen-bond acceptors (Lipinski definition) is 1. The standard InChI is InChI=1S/C19H23N/c1-16-8-5-6-12-18(16)19(14-20-15-19)13-7-11-17-9-3-2-4-10-17/h2-6,8-10,12,20H,7,11,13-15H2,1H3. The van der Waals surface area contributed by atoms with Gasteiger partial charge in [0.05, 0.1) is 0 Å². The molecule has 1 saturated heterocycles. The third-order valence-corrected chi connectivity index (χ3v) is 4.61. The largest absolute Gasteiger partial charge is 0.315 e. The van der Waals surface area contributed by atoms with Gasteiger partial charge in [-0.2, -0.15) is 0 Å². The van der Waals surface area contributed by atoms with Crippen LogP contribution in [0.25, 0.3) is 0 Å². The van der Waals surface area contributed by atoms with E-state index in [1.165, 1.54) is 30.4 Å². The van der Waals surface area contributed by atoms with Crippen molar-refractivity contribution in [1.29, 1.82) is 0 Å².